The van der Waals surface area contributed by atoms with Crippen LogP contribution in [0.5, 0.6) is 0 Å². The number of hydrogen-bond acceptors (Lipinski definition) is 2. The van der Waals surface area contributed by atoms with Gasteiger partial charge in [0.15, 0.2) is 0 Å². The third-order valence-corrected chi connectivity index (χ3v) is 4.47. The fourth-order valence-electron chi connectivity index (χ4n) is 3.12. The molecule has 2 nitrogen and oxygen atoms in total. The Balaban J connectivity index is 1.94. The standard InChI is InChI=1S/C16H25NO/c1-16(2,3)14-8-6-12(7-9-14)15(18)13-5-4-10-17-11-13/h4-5,10-12,14-15,18H,6-9H2,1-3H3. The predicted molar refractivity (Wildman–Crippen MR) is 74.1 cm³/mol. The second-order valence-corrected chi connectivity index (χ2v) is 6.71. The van der Waals surface area contributed by atoms with E-state index in [9.17, 15) is 5.11 Å². The van der Waals surface area contributed by atoms with Gasteiger partial charge in [-0.15, -0.1) is 0 Å². The van der Waals surface area contributed by atoms with Gasteiger partial charge in [-0.2, -0.15) is 0 Å². The van der Waals surface area contributed by atoms with Gasteiger partial charge in [0.05, 0.1) is 6.10 Å². The maximum atomic E-state index is 10.4. The average Bonchev–Trinajstić information content (AvgIpc) is 2.38. The van der Waals surface area contributed by atoms with E-state index in [1.807, 2.05) is 12.1 Å². The molecule has 18 heavy (non-hydrogen) atoms. The molecule has 2 heteroatoms. The minimum Gasteiger partial charge on any atom is -0.388 e. The van der Waals surface area contributed by atoms with Crippen LogP contribution in [-0.4, -0.2) is 10.1 Å². The quantitative estimate of drug-likeness (QED) is 0.858. The van der Waals surface area contributed by atoms with Crippen LogP contribution in [0.1, 0.15) is 58.1 Å². The van der Waals surface area contributed by atoms with Crippen LogP contribution < -0.4 is 0 Å². The van der Waals surface area contributed by atoms with E-state index in [-0.39, 0.29) is 6.10 Å². The number of rotatable bonds is 2. The van der Waals surface area contributed by atoms with E-state index < -0.39 is 0 Å². The Labute approximate surface area is 110 Å². The number of aliphatic hydroxyl groups excluding tert-OH is 1. The molecule has 1 atom stereocenters. The number of nitrogens with zero attached hydrogens (tertiary/aromatic N) is 1. The van der Waals surface area contributed by atoms with Crippen molar-refractivity contribution in [3.05, 3.63) is 30.1 Å². The Kier molecular flexibility index (Phi) is 4.06. The van der Waals surface area contributed by atoms with Crippen molar-refractivity contribution in [3.8, 4) is 0 Å². The molecule has 0 spiro atoms. The Morgan fingerprint density at radius 3 is 2.39 bits per heavy atom. The van der Waals surface area contributed by atoms with E-state index in [0.29, 0.717) is 11.3 Å². The van der Waals surface area contributed by atoms with E-state index in [1.165, 1.54) is 12.8 Å². The molecule has 1 fully saturated rings. The molecule has 1 unspecified atom stereocenters. The molecule has 0 aromatic carbocycles. The maximum absolute atomic E-state index is 10.4. The lowest BCUT2D eigenvalue weighted by molar-refractivity contribution is 0.0526. The van der Waals surface area contributed by atoms with Gasteiger partial charge in [-0.05, 0) is 54.6 Å². The molecule has 1 aliphatic rings. The summed E-state index contributed by atoms with van der Waals surface area (Å²) >= 11 is 0. The summed E-state index contributed by atoms with van der Waals surface area (Å²) in [5, 5.41) is 10.4. The van der Waals surface area contributed by atoms with E-state index >= 15 is 0 Å². The van der Waals surface area contributed by atoms with Gasteiger partial charge < -0.3 is 5.11 Å². The van der Waals surface area contributed by atoms with Gasteiger partial charge in [-0.25, -0.2) is 0 Å². The molecule has 1 heterocycles. The zero-order valence-corrected chi connectivity index (χ0v) is 11.8. The molecule has 1 aromatic heterocycles. The first-order valence-electron chi connectivity index (χ1n) is 7.06. The van der Waals surface area contributed by atoms with E-state index in [4.69, 9.17) is 0 Å². The van der Waals surface area contributed by atoms with Crippen LogP contribution >= 0.6 is 0 Å². The second kappa shape index (κ2) is 5.40. The zero-order chi connectivity index (χ0) is 13.2. The van der Waals surface area contributed by atoms with Crippen molar-refractivity contribution < 1.29 is 5.11 Å². The Morgan fingerprint density at radius 1 is 1.22 bits per heavy atom. The predicted octanol–water partition coefficient (Wildman–Crippen LogP) is 3.97. The first-order chi connectivity index (χ1) is 8.48. The molecule has 0 saturated heterocycles. The first-order valence-corrected chi connectivity index (χ1v) is 7.06. The molecule has 2 rings (SSSR count). The summed E-state index contributed by atoms with van der Waals surface area (Å²) in [5.74, 6) is 1.21. The molecular formula is C16H25NO. The number of hydrogen-bond donors (Lipinski definition) is 1. The molecule has 1 saturated carbocycles. The third-order valence-electron chi connectivity index (χ3n) is 4.47. The third kappa shape index (κ3) is 3.11. The number of aromatic nitrogens is 1. The molecule has 1 aromatic rings. The Morgan fingerprint density at radius 2 is 1.89 bits per heavy atom. The van der Waals surface area contributed by atoms with Crippen molar-refractivity contribution in [3.63, 3.8) is 0 Å². The monoisotopic (exact) mass is 247 g/mol. The Bertz CT molecular complexity index is 360. The minimum atomic E-state index is -0.334. The lowest BCUT2D eigenvalue weighted by Gasteiger charge is -2.38. The van der Waals surface area contributed by atoms with Crippen LogP contribution in [0.2, 0.25) is 0 Å². The van der Waals surface area contributed by atoms with Gasteiger partial charge in [0.1, 0.15) is 0 Å². The maximum Gasteiger partial charge on any atom is 0.0833 e. The van der Waals surface area contributed by atoms with Crippen LogP contribution in [0.15, 0.2) is 24.5 Å². The molecule has 0 aliphatic heterocycles. The van der Waals surface area contributed by atoms with E-state index in [0.717, 1.165) is 24.3 Å². The summed E-state index contributed by atoms with van der Waals surface area (Å²) in [7, 11) is 0. The highest BCUT2D eigenvalue weighted by atomic mass is 16.3. The van der Waals surface area contributed by atoms with Crippen molar-refractivity contribution in [2.24, 2.45) is 17.3 Å². The van der Waals surface area contributed by atoms with Crippen LogP contribution in [0.3, 0.4) is 0 Å². The molecule has 1 N–H and O–H groups in total. The summed E-state index contributed by atoms with van der Waals surface area (Å²) in [4.78, 5) is 4.09. The highest BCUT2D eigenvalue weighted by Gasteiger charge is 2.32. The SMILES string of the molecule is CC(C)(C)C1CCC(C(O)c2cccnc2)CC1. The molecule has 0 amide bonds. The van der Waals surface area contributed by atoms with Gasteiger partial charge in [0, 0.05) is 12.4 Å². The largest absolute Gasteiger partial charge is 0.388 e. The first kappa shape index (κ1) is 13.5. The van der Waals surface area contributed by atoms with Crippen molar-refractivity contribution in [1.29, 1.82) is 0 Å². The zero-order valence-electron chi connectivity index (χ0n) is 11.8. The number of aliphatic hydroxyl groups is 1. The van der Waals surface area contributed by atoms with Gasteiger partial charge in [-0.3, -0.25) is 4.98 Å². The highest BCUT2D eigenvalue weighted by molar-refractivity contribution is 5.13. The lowest BCUT2D eigenvalue weighted by Crippen LogP contribution is -2.28. The summed E-state index contributed by atoms with van der Waals surface area (Å²) in [6, 6.07) is 3.88. The normalized spacial score (nSPS) is 26.9. The molecule has 0 radical (unpaired) electrons. The number of pyridine rings is 1. The van der Waals surface area contributed by atoms with Crippen molar-refractivity contribution in [1.82, 2.24) is 4.98 Å². The van der Waals surface area contributed by atoms with Crippen LogP contribution in [0.4, 0.5) is 0 Å². The highest BCUT2D eigenvalue weighted by Crippen LogP contribution is 2.43. The average molecular weight is 247 g/mol. The smallest absolute Gasteiger partial charge is 0.0833 e. The summed E-state index contributed by atoms with van der Waals surface area (Å²) in [6.45, 7) is 6.99. The van der Waals surface area contributed by atoms with Gasteiger partial charge >= 0.3 is 0 Å². The molecule has 100 valence electrons. The summed E-state index contributed by atoms with van der Waals surface area (Å²) in [6.07, 6.45) is 7.97. The van der Waals surface area contributed by atoms with E-state index in [2.05, 4.69) is 25.8 Å². The topological polar surface area (TPSA) is 33.1 Å². The van der Waals surface area contributed by atoms with Crippen molar-refractivity contribution in [2.45, 2.75) is 52.6 Å². The van der Waals surface area contributed by atoms with Crippen molar-refractivity contribution >= 4 is 0 Å². The molecule has 1 aliphatic carbocycles. The molecular weight excluding hydrogens is 222 g/mol. The lowest BCUT2D eigenvalue weighted by atomic mass is 9.68. The van der Waals surface area contributed by atoms with E-state index in [1.54, 1.807) is 12.4 Å². The Hall–Kier alpha value is -0.890. The second-order valence-electron chi connectivity index (χ2n) is 6.71. The van der Waals surface area contributed by atoms with Gasteiger partial charge in [0.2, 0.25) is 0 Å². The summed E-state index contributed by atoms with van der Waals surface area (Å²) in [5.41, 5.74) is 1.38. The fourth-order valence-corrected chi connectivity index (χ4v) is 3.12. The fraction of sp³-hybridized carbons (Fsp3) is 0.688. The minimum absolute atomic E-state index is 0.334. The van der Waals surface area contributed by atoms with Crippen LogP contribution in [0, 0.1) is 17.3 Å². The summed E-state index contributed by atoms with van der Waals surface area (Å²) < 4.78 is 0. The molecule has 0 bridgehead atoms. The van der Waals surface area contributed by atoms with Gasteiger partial charge in [-0.1, -0.05) is 26.8 Å². The van der Waals surface area contributed by atoms with Crippen LogP contribution in [-0.2, 0) is 0 Å². The van der Waals surface area contributed by atoms with Crippen LogP contribution in [0.25, 0.3) is 0 Å². The van der Waals surface area contributed by atoms with Gasteiger partial charge in [0.25, 0.3) is 0 Å². The van der Waals surface area contributed by atoms with Crippen molar-refractivity contribution in [2.75, 3.05) is 0 Å².